The molecule has 3 atom stereocenters. The van der Waals surface area contributed by atoms with Gasteiger partial charge in [0.25, 0.3) is 0 Å². The summed E-state index contributed by atoms with van der Waals surface area (Å²) in [7, 11) is 0. The topological polar surface area (TPSA) is 89.6 Å². The molecule has 1 aliphatic rings. The number of allylic oxidation sites excluding steroid dienone is 1. The van der Waals surface area contributed by atoms with Gasteiger partial charge in [0, 0.05) is 24.2 Å². The molecular formula is C30H43NO5. The van der Waals surface area contributed by atoms with Gasteiger partial charge in [0.15, 0.2) is 5.58 Å². The van der Waals surface area contributed by atoms with Crippen LogP contribution < -0.4 is 0 Å². The number of hydrogen-bond donors (Lipinski definition) is 1. The molecule has 0 aliphatic carbocycles. The monoisotopic (exact) mass is 497 g/mol. The van der Waals surface area contributed by atoms with Gasteiger partial charge in [-0.25, -0.2) is 4.98 Å². The zero-order chi connectivity index (χ0) is 26.3. The largest absolute Gasteiger partial charge is 0.457 e. The Kier molecular flexibility index (Phi) is 9.89. The maximum absolute atomic E-state index is 13.5. The van der Waals surface area contributed by atoms with Gasteiger partial charge >= 0.3 is 5.97 Å². The van der Waals surface area contributed by atoms with E-state index in [4.69, 9.17) is 9.15 Å². The number of nitrogens with zero attached hydrogens (tertiary/aromatic N) is 1. The molecule has 0 amide bonds. The molecule has 3 unspecified atom stereocenters. The molecule has 1 aliphatic heterocycles. The van der Waals surface area contributed by atoms with Crippen LogP contribution in [-0.4, -0.2) is 21.8 Å². The van der Waals surface area contributed by atoms with Gasteiger partial charge in [0.1, 0.15) is 24.0 Å². The Bertz CT molecular complexity index is 1070. The standard InChI is InChI=1S/C30H43NO5/c1-6-8-23-17-21(3)10-7-9-20(2)11-13-25(36-28(33)15-16-30(4,5)29(23)34)22-12-14-26-24(18-22)31-27(19-32)35-26/h11-12,14,18,21,23,25,32H,6-10,13,15-17,19H2,1-5H3. The molecule has 6 heteroatoms. The number of oxazole rings is 1. The Hall–Kier alpha value is -2.47. The minimum atomic E-state index is -0.568. The van der Waals surface area contributed by atoms with Gasteiger partial charge in [-0.15, -0.1) is 0 Å². The highest BCUT2D eigenvalue weighted by molar-refractivity contribution is 5.87. The van der Waals surface area contributed by atoms with E-state index in [2.05, 4.69) is 31.8 Å². The van der Waals surface area contributed by atoms with Gasteiger partial charge in [-0.2, -0.15) is 0 Å². The Balaban J connectivity index is 1.86. The van der Waals surface area contributed by atoms with Crippen molar-refractivity contribution in [1.29, 1.82) is 0 Å². The van der Waals surface area contributed by atoms with Crippen molar-refractivity contribution in [1.82, 2.24) is 4.98 Å². The van der Waals surface area contributed by atoms with Crippen LogP contribution in [0.4, 0.5) is 0 Å². The highest BCUT2D eigenvalue weighted by atomic mass is 16.5. The Morgan fingerprint density at radius 2 is 1.97 bits per heavy atom. The zero-order valence-corrected chi connectivity index (χ0v) is 22.6. The fourth-order valence-electron chi connectivity index (χ4n) is 5.27. The van der Waals surface area contributed by atoms with Crippen LogP contribution in [0.25, 0.3) is 11.1 Å². The molecule has 1 aromatic carbocycles. The SMILES string of the molecule is CCCC1CC(C)CCCC(C)=CCC(c2ccc3oc(CO)nc3c2)OC(=O)CCC(C)(C)C1=O. The van der Waals surface area contributed by atoms with E-state index in [1.165, 1.54) is 5.57 Å². The predicted octanol–water partition coefficient (Wildman–Crippen LogP) is 7.24. The molecule has 36 heavy (non-hydrogen) atoms. The number of aromatic nitrogens is 1. The summed E-state index contributed by atoms with van der Waals surface area (Å²) in [5, 5.41) is 9.34. The van der Waals surface area contributed by atoms with E-state index < -0.39 is 11.5 Å². The van der Waals surface area contributed by atoms with Gasteiger partial charge in [-0.1, -0.05) is 58.3 Å². The number of esters is 1. The van der Waals surface area contributed by atoms with Gasteiger partial charge in [0.05, 0.1) is 0 Å². The molecule has 3 rings (SSSR count). The van der Waals surface area contributed by atoms with Crippen molar-refractivity contribution in [2.24, 2.45) is 17.3 Å². The number of rotatable bonds is 4. The van der Waals surface area contributed by atoms with Crippen LogP contribution in [0.1, 0.15) is 110 Å². The summed E-state index contributed by atoms with van der Waals surface area (Å²) in [6.07, 6.45) is 8.96. The molecule has 0 saturated carbocycles. The molecule has 2 heterocycles. The van der Waals surface area contributed by atoms with Gasteiger partial charge in [-0.3, -0.25) is 9.59 Å². The van der Waals surface area contributed by atoms with Crippen molar-refractivity contribution in [2.75, 3.05) is 0 Å². The van der Waals surface area contributed by atoms with E-state index >= 15 is 0 Å². The molecule has 0 saturated heterocycles. The highest BCUT2D eigenvalue weighted by Gasteiger charge is 2.34. The maximum atomic E-state index is 13.5. The maximum Gasteiger partial charge on any atom is 0.306 e. The van der Waals surface area contributed by atoms with Crippen molar-refractivity contribution < 1.29 is 23.8 Å². The average molecular weight is 498 g/mol. The number of ketones is 1. The van der Waals surface area contributed by atoms with Gasteiger partial charge in [0.2, 0.25) is 5.89 Å². The lowest BCUT2D eigenvalue weighted by Gasteiger charge is -2.30. The van der Waals surface area contributed by atoms with E-state index in [9.17, 15) is 14.7 Å². The first-order valence-electron chi connectivity index (χ1n) is 13.5. The van der Waals surface area contributed by atoms with E-state index in [0.29, 0.717) is 29.9 Å². The van der Waals surface area contributed by atoms with Crippen LogP contribution in [0.15, 0.2) is 34.3 Å². The Morgan fingerprint density at radius 3 is 2.69 bits per heavy atom. The minimum absolute atomic E-state index is 0.0475. The number of carbonyl (C=O) groups excluding carboxylic acids is 2. The predicted molar refractivity (Wildman–Crippen MR) is 141 cm³/mol. The van der Waals surface area contributed by atoms with Gasteiger partial charge in [-0.05, 0) is 62.6 Å². The smallest absolute Gasteiger partial charge is 0.306 e. The van der Waals surface area contributed by atoms with Crippen molar-refractivity contribution in [3.05, 3.63) is 41.3 Å². The summed E-state index contributed by atoms with van der Waals surface area (Å²) in [6.45, 7) is 10.2. The van der Waals surface area contributed by atoms with E-state index in [0.717, 1.165) is 44.1 Å². The number of ether oxygens (including phenoxy) is 1. The van der Waals surface area contributed by atoms with Crippen LogP contribution in [0, 0.1) is 17.3 Å². The quantitative estimate of drug-likeness (QED) is 0.354. The molecular weight excluding hydrogens is 454 g/mol. The van der Waals surface area contributed by atoms with E-state index in [1.807, 2.05) is 26.0 Å². The van der Waals surface area contributed by atoms with Crippen molar-refractivity contribution >= 4 is 22.9 Å². The summed E-state index contributed by atoms with van der Waals surface area (Å²) < 4.78 is 11.5. The van der Waals surface area contributed by atoms with Crippen LogP contribution in [0.5, 0.6) is 0 Å². The summed E-state index contributed by atoms with van der Waals surface area (Å²) >= 11 is 0. The van der Waals surface area contributed by atoms with Crippen LogP contribution >= 0.6 is 0 Å². The van der Waals surface area contributed by atoms with Crippen LogP contribution in [0.3, 0.4) is 0 Å². The number of Topliss-reactive ketones (excluding diaryl/α,β-unsaturated/α-hetero) is 1. The number of aliphatic hydroxyl groups excluding tert-OH is 1. The van der Waals surface area contributed by atoms with Crippen molar-refractivity contribution in [3.63, 3.8) is 0 Å². The summed E-state index contributed by atoms with van der Waals surface area (Å²) in [5.41, 5.74) is 2.77. The fourth-order valence-corrected chi connectivity index (χ4v) is 5.27. The number of hydrogen-bond acceptors (Lipinski definition) is 6. The molecule has 2 aromatic rings. The average Bonchev–Trinajstić information content (AvgIpc) is 3.26. The van der Waals surface area contributed by atoms with Crippen LogP contribution in [0.2, 0.25) is 0 Å². The summed E-state index contributed by atoms with van der Waals surface area (Å²) in [6, 6.07) is 5.55. The molecule has 0 radical (unpaired) electrons. The highest BCUT2D eigenvalue weighted by Crippen LogP contribution is 2.34. The number of fused-ring (bicyclic) bond motifs is 1. The first-order valence-corrected chi connectivity index (χ1v) is 13.5. The van der Waals surface area contributed by atoms with Crippen LogP contribution in [-0.2, 0) is 20.9 Å². The van der Waals surface area contributed by atoms with Crippen molar-refractivity contribution in [2.45, 2.75) is 105 Å². The summed E-state index contributed by atoms with van der Waals surface area (Å²) in [5.74, 6) is 0.787. The third-order valence-electron chi connectivity index (χ3n) is 7.50. The number of carbonyl (C=O) groups is 2. The first kappa shape index (κ1) is 28.1. The first-order chi connectivity index (χ1) is 17.1. The number of aliphatic hydroxyl groups is 1. The molecule has 1 N–H and O–H groups in total. The second-order valence-electron chi connectivity index (χ2n) is 11.2. The second kappa shape index (κ2) is 12.7. The Morgan fingerprint density at radius 1 is 1.19 bits per heavy atom. The van der Waals surface area contributed by atoms with Crippen molar-refractivity contribution in [3.8, 4) is 0 Å². The molecule has 0 fully saturated rings. The third kappa shape index (κ3) is 7.52. The molecule has 0 spiro atoms. The third-order valence-corrected chi connectivity index (χ3v) is 7.50. The van der Waals surface area contributed by atoms with E-state index in [-0.39, 0.29) is 36.6 Å². The molecule has 198 valence electrons. The van der Waals surface area contributed by atoms with E-state index in [1.54, 1.807) is 6.07 Å². The summed E-state index contributed by atoms with van der Waals surface area (Å²) in [4.78, 5) is 30.8. The lowest BCUT2D eigenvalue weighted by Crippen LogP contribution is -2.33. The molecule has 1 aromatic heterocycles. The lowest BCUT2D eigenvalue weighted by molar-refractivity contribution is -0.150. The Labute approximate surface area is 215 Å². The fraction of sp³-hybridized carbons (Fsp3) is 0.633. The van der Waals surface area contributed by atoms with Gasteiger partial charge < -0.3 is 14.3 Å². The molecule has 6 nitrogen and oxygen atoms in total. The lowest BCUT2D eigenvalue weighted by atomic mass is 9.73. The normalized spacial score (nSPS) is 24.9. The second-order valence-corrected chi connectivity index (χ2v) is 11.2. The molecule has 0 bridgehead atoms. The minimum Gasteiger partial charge on any atom is -0.457 e. The number of benzene rings is 1. The zero-order valence-electron chi connectivity index (χ0n) is 22.6. The number of cyclic esters (lactones) is 1.